The van der Waals surface area contributed by atoms with Gasteiger partial charge in [0.05, 0.1) is 16.2 Å². The van der Waals surface area contributed by atoms with Gasteiger partial charge in [0.25, 0.3) is 5.91 Å². The Morgan fingerprint density at radius 2 is 2.10 bits per heavy atom. The number of halogens is 2. The van der Waals surface area contributed by atoms with E-state index in [0.717, 1.165) is 0 Å². The average molecular weight is 307 g/mol. The van der Waals surface area contributed by atoms with Crippen molar-refractivity contribution < 1.29 is 4.79 Å². The third-order valence-electron chi connectivity index (χ3n) is 2.70. The van der Waals surface area contributed by atoms with Crippen LogP contribution >= 0.6 is 23.2 Å². The zero-order valence-electron chi connectivity index (χ0n) is 10.0. The van der Waals surface area contributed by atoms with Crippen LogP contribution in [0, 0.1) is 0 Å². The van der Waals surface area contributed by atoms with E-state index in [1.807, 2.05) is 0 Å². The molecule has 0 aliphatic rings. The number of nitrogens with one attached hydrogen (secondary N) is 1. The molecule has 1 amide bonds. The maximum absolute atomic E-state index is 12.2. The maximum Gasteiger partial charge on any atom is 0.261 e. The Bertz CT molecular complexity index is 800. The van der Waals surface area contributed by atoms with Gasteiger partial charge < -0.3 is 5.32 Å². The highest BCUT2D eigenvalue weighted by Gasteiger charge is 2.14. The number of hydrogen-bond acceptors (Lipinski definition) is 3. The number of benzene rings is 1. The Hall–Kier alpha value is -2.11. The minimum absolute atomic E-state index is 0.308. The number of fused-ring (bicyclic) bond motifs is 1. The van der Waals surface area contributed by atoms with Crippen LogP contribution in [0.25, 0.3) is 5.65 Å². The van der Waals surface area contributed by atoms with Crippen molar-refractivity contribution in [2.75, 3.05) is 5.32 Å². The first kappa shape index (κ1) is 12.9. The molecule has 0 unspecified atom stereocenters. The SMILES string of the molecule is O=C(Nc1ccc(Cl)c(Cl)c1)c1cnn2cccnc12. The Kier molecular flexibility index (Phi) is 3.30. The molecule has 0 radical (unpaired) electrons. The monoisotopic (exact) mass is 306 g/mol. The lowest BCUT2D eigenvalue weighted by Crippen LogP contribution is -2.12. The van der Waals surface area contributed by atoms with E-state index < -0.39 is 0 Å². The molecule has 7 heteroatoms. The van der Waals surface area contributed by atoms with E-state index in [1.165, 1.54) is 10.7 Å². The summed E-state index contributed by atoms with van der Waals surface area (Å²) >= 11 is 11.7. The van der Waals surface area contributed by atoms with E-state index in [0.29, 0.717) is 26.9 Å². The van der Waals surface area contributed by atoms with Gasteiger partial charge >= 0.3 is 0 Å². The normalized spacial score (nSPS) is 10.7. The minimum Gasteiger partial charge on any atom is -0.322 e. The Morgan fingerprint density at radius 3 is 2.90 bits per heavy atom. The number of anilines is 1. The number of nitrogens with zero attached hydrogens (tertiary/aromatic N) is 3. The number of carbonyl (C=O) groups is 1. The molecular weight excluding hydrogens is 299 g/mol. The number of hydrogen-bond donors (Lipinski definition) is 1. The summed E-state index contributed by atoms with van der Waals surface area (Å²) in [5, 5.41) is 7.60. The molecule has 0 atom stereocenters. The summed E-state index contributed by atoms with van der Waals surface area (Å²) < 4.78 is 1.53. The Morgan fingerprint density at radius 1 is 1.25 bits per heavy atom. The summed E-state index contributed by atoms with van der Waals surface area (Å²) in [6, 6.07) is 6.61. The summed E-state index contributed by atoms with van der Waals surface area (Å²) in [5.74, 6) is -0.308. The predicted molar refractivity (Wildman–Crippen MR) is 77.4 cm³/mol. The number of carbonyl (C=O) groups excluding carboxylic acids is 1. The second kappa shape index (κ2) is 5.11. The van der Waals surface area contributed by atoms with Crippen molar-refractivity contribution in [3.63, 3.8) is 0 Å². The van der Waals surface area contributed by atoms with E-state index in [4.69, 9.17) is 23.2 Å². The summed E-state index contributed by atoms with van der Waals surface area (Å²) in [7, 11) is 0. The number of amides is 1. The molecule has 0 fully saturated rings. The van der Waals surface area contributed by atoms with Crippen LogP contribution in [0.15, 0.2) is 42.9 Å². The molecule has 20 heavy (non-hydrogen) atoms. The van der Waals surface area contributed by atoms with Crippen LogP contribution in [0.4, 0.5) is 5.69 Å². The van der Waals surface area contributed by atoms with Gasteiger partial charge in [-0.15, -0.1) is 0 Å². The van der Waals surface area contributed by atoms with Crippen LogP contribution in [0.5, 0.6) is 0 Å². The second-order valence-electron chi connectivity index (χ2n) is 4.03. The summed E-state index contributed by atoms with van der Waals surface area (Å²) in [5.41, 5.74) is 1.43. The van der Waals surface area contributed by atoms with Crippen LogP contribution in [0.3, 0.4) is 0 Å². The molecular formula is C13H8Cl2N4O. The number of aromatic nitrogens is 3. The lowest BCUT2D eigenvalue weighted by atomic mass is 10.2. The molecule has 0 spiro atoms. The number of rotatable bonds is 2. The van der Waals surface area contributed by atoms with Crippen LogP contribution in [-0.4, -0.2) is 20.5 Å². The molecule has 0 saturated heterocycles. The van der Waals surface area contributed by atoms with Crippen molar-refractivity contribution in [2.24, 2.45) is 0 Å². The van der Waals surface area contributed by atoms with Crippen LogP contribution < -0.4 is 5.32 Å². The summed E-state index contributed by atoms with van der Waals surface area (Å²) in [6.45, 7) is 0. The fraction of sp³-hybridized carbons (Fsp3) is 0. The summed E-state index contributed by atoms with van der Waals surface area (Å²) in [6.07, 6.45) is 4.79. The summed E-state index contributed by atoms with van der Waals surface area (Å²) in [4.78, 5) is 16.3. The fourth-order valence-corrected chi connectivity index (χ4v) is 2.06. The smallest absolute Gasteiger partial charge is 0.261 e. The first-order chi connectivity index (χ1) is 9.65. The van der Waals surface area contributed by atoms with Gasteiger partial charge in [0.2, 0.25) is 0 Å². The predicted octanol–water partition coefficient (Wildman–Crippen LogP) is 3.29. The zero-order valence-corrected chi connectivity index (χ0v) is 11.6. The standard InChI is InChI=1S/C13H8Cl2N4O/c14-10-3-2-8(6-11(10)15)18-13(20)9-7-17-19-5-1-4-16-12(9)19/h1-7H,(H,18,20). The molecule has 0 bridgehead atoms. The van der Waals surface area contributed by atoms with Gasteiger partial charge in [0.15, 0.2) is 5.65 Å². The average Bonchev–Trinajstić information content (AvgIpc) is 2.87. The second-order valence-corrected chi connectivity index (χ2v) is 4.84. The molecule has 1 N–H and O–H groups in total. The van der Waals surface area contributed by atoms with E-state index in [2.05, 4.69) is 15.4 Å². The van der Waals surface area contributed by atoms with Crippen molar-refractivity contribution >= 4 is 40.4 Å². The van der Waals surface area contributed by atoms with Crippen molar-refractivity contribution in [3.05, 3.63) is 58.5 Å². The first-order valence-corrected chi connectivity index (χ1v) is 6.45. The molecule has 100 valence electrons. The van der Waals surface area contributed by atoms with Crippen molar-refractivity contribution in [2.45, 2.75) is 0 Å². The molecule has 1 aromatic carbocycles. The topological polar surface area (TPSA) is 59.3 Å². The van der Waals surface area contributed by atoms with Crippen LogP contribution in [0.2, 0.25) is 10.0 Å². The molecule has 5 nitrogen and oxygen atoms in total. The first-order valence-electron chi connectivity index (χ1n) is 5.70. The van der Waals surface area contributed by atoms with Gasteiger partial charge in [-0.25, -0.2) is 9.50 Å². The van der Waals surface area contributed by atoms with Gasteiger partial charge in [-0.3, -0.25) is 4.79 Å². The van der Waals surface area contributed by atoms with Gasteiger partial charge in [0, 0.05) is 18.1 Å². The highest BCUT2D eigenvalue weighted by atomic mass is 35.5. The van der Waals surface area contributed by atoms with Gasteiger partial charge in [-0.05, 0) is 24.3 Å². The zero-order chi connectivity index (χ0) is 14.1. The van der Waals surface area contributed by atoms with Crippen LogP contribution in [-0.2, 0) is 0 Å². The Balaban J connectivity index is 1.91. The van der Waals surface area contributed by atoms with E-state index in [-0.39, 0.29) is 5.91 Å². The molecule has 2 aromatic heterocycles. The highest BCUT2D eigenvalue weighted by molar-refractivity contribution is 6.42. The van der Waals surface area contributed by atoms with Crippen molar-refractivity contribution in [3.8, 4) is 0 Å². The fourth-order valence-electron chi connectivity index (χ4n) is 1.76. The third-order valence-corrected chi connectivity index (χ3v) is 3.44. The molecule has 2 heterocycles. The quantitative estimate of drug-likeness (QED) is 0.790. The van der Waals surface area contributed by atoms with Gasteiger partial charge in [0.1, 0.15) is 5.56 Å². The van der Waals surface area contributed by atoms with E-state index in [9.17, 15) is 4.79 Å². The largest absolute Gasteiger partial charge is 0.322 e. The molecule has 0 aliphatic heterocycles. The lowest BCUT2D eigenvalue weighted by Gasteiger charge is -2.05. The van der Waals surface area contributed by atoms with E-state index >= 15 is 0 Å². The maximum atomic E-state index is 12.2. The van der Waals surface area contributed by atoms with E-state index in [1.54, 1.807) is 36.7 Å². The highest BCUT2D eigenvalue weighted by Crippen LogP contribution is 2.25. The molecule has 0 saturated carbocycles. The van der Waals surface area contributed by atoms with Crippen LogP contribution in [0.1, 0.15) is 10.4 Å². The lowest BCUT2D eigenvalue weighted by molar-refractivity contribution is 0.102. The minimum atomic E-state index is -0.308. The molecule has 3 aromatic rings. The van der Waals surface area contributed by atoms with Gasteiger partial charge in [-0.2, -0.15) is 5.10 Å². The van der Waals surface area contributed by atoms with Crippen molar-refractivity contribution in [1.29, 1.82) is 0 Å². The Labute approximate surface area is 124 Å². The molecule has 3 rings (SSSR count). The van der Waals surface area contributed by atoms with Gasteiger partial charge in [-0.1, -0.05) is 23.2 Å². The van der Waals surface area contributed by atoms with Crippen molar-refractivity contribution in [1.82, 2.24) is 14.6 Å². The third kappa shape index (κ3) is 2.33. The molecule has 0 aliphatic carbocycles.